The van der Waals surface area contributed by atoms with Crippen LogP contribution < -0.4 is 5.32 Å². The van der Waals surface area contributed by atoms with Gasteiger partial charge in [0.25, 0.3) is 0 Å². The molecule has 0 aromatic heterocycles. The van der Waals surface area contributed by atoms with Gasteiger partial charge in [0.15, 0.2) is 9.84 Å². The molecule has 2 aromatic rings. The fraction of sp³-hybridized carbons (Fsp3) is 0.649. The third kappa shape index (κ3) is 9.57. The van der Waals surface area contributed by atoms with Crippen LogP contribution in [0, 0.1) is 51.2 Å². The van der Waals surface area contributed by atoms with Crippen LogP contribution >= 0.6 is 0 Å². The summed E-state index contributed by atoms with van der Waals surface area (Å²) in [5.74, 6) is 2.69. The first-order chi connectivity index (χ1) is 31.4. The number of nitrogens with zero attached hydrogens (tertiary/aromatic N) is 1. The minimum absolute atomic E-state index is 0.0188. The van der Waals surface area contributed by atoms with Gasteiger partial charge in [0.05, 0.1) is 17.1 Å². The third-order valence-electron chi connectivity index (χ3n) is 19.3. The van der Waals surface area contributed by atoms with Crippen molar-refractivity contribution < 1.29 is 27.5 Å². The summed E-state index contributed by atoms with van der Waals surface area (Å²) in [7, 11) is -2.89. The molecule has 5 aliphatic carbocycles. The third-order valence-corrected chi connectivity index (χ3v) is 20.9. The molecular weight excluding hydrogens is 841 g/mol. The standard InChI is InChI=1S/C57H80N2O6S/c1-41(2)47-26-30-57(58-33-34-59-35-37-66(62,63)38-36-59)32-31-55(7)49(50(47)57)22-21-46-19-14-20-48(53(4,5)42(3)23-27-54(46,55)6)44-24-28-56(29-25-44,40-65-51(60)45-17-12-9-13-18-45)52(61)64-39-43-15-10-8-11-16-43/h8-13,15-18,20,24,42,46-47,49-50,58H,1,14,19,21-23,25-40H2,2-7H3/b48-20-/t42-,46-,47-,49+,50+,54+,55+,56?,57-/m0/s1. The van der Waals surface area contributed by atoms with E-state index in [1.807, 2.05) is 48.5 Å². The number of hydrogen-bond donors (Lipinski definition) is 1. The summed E-state index contributed by atoms with van der Waals surface area (Å²) in [6.45, 7) is 23.0. The Labute approximate surface area is 397 Å². The molecule has 0 spiro atoms. The second kappa shape index (κ2) is 19.5. The molecule has 1 heterocycles. The van der Waals surface area contributed by atoms with Gasteiger partial charge in [0.1, 0.15) is 18.6 Å². The summed E-state index contributed by atoms with van der Waals surface area (Å²) >= 11 is 0. The smallest absolute Gasteiger partial charge is 0.338 e. The van der Waals surface area contributed by atoms with E-state index in [4.69, 9.17) is 9.47 Å². The van der Waals surface area contributed by atoms with Gasteiger partial charge in [-0.25, -0.2) is 13.2 Å². The van der Waals surface area contributed by atoms with E-state index in [0.29, 0.717) is 61.1 Å². The first kappa shape index (κ1) is 48.9. The van der Waals surface area contributed by atoms with Gasteiger partial charge in [0, 0.05) is 31.7 Å². The predicted molar refractivity (Wildman–Crippen MR) is 265 cm³/mol. The zero-order valence-corrected chi connectivity index (χ0v) is 42.0. The van der Waals surface area contributed by atoms with Crippen LogP contribution in [-0.2, 0) is 30.7 Å². The van der Waals surface area contributed by atoms with Crippen LogP contribution in [0.4, 0.5) is 0 Å². The molecule has 8 rings (SSSR count). The van der Waals surface area contributed by atoms with E-state index < -0.39 is 21.2 Å². The normalized spacial score (nSPS) is 36.2. The van der Waals surface area contributed by atoms with Crippen molar-refractivity contribution in [2.24, 2.45) is 51.2 Å². The van der Waals surface area contributed by atoms with E-state index in [9.17, 15) is 18.0 Å². The second-order valence-electron chi connectivity index (χ2n) is 22.9. The zero-order chi connectivity index (χ0) is 47.0. The monoisotopic (exact) mass is 921 g/mol. The zero-order valence-electron chi connectivity index (χ0n) is 41.2. The topological polar surface area (TPSA) is 102 Å². The Morgan fingerprint density at radius 3 is 2.21 bits per heavy atom. The second-order valence-corrected chi connectivity index (χ2v) is 25.2. The van der Waals surface area contributed by atoms with E-state index in [0.717, 1.165) is 31.5 Å². The molecule has 0 bridgehead atoms. The fourth-order valence-corrected chi connectivity index (χ4v) is 15.7. The molecule has 360 valence electrons. The van der Waals surface area contributed by atoms with E-state index in [1.54, 1.807) is 12.1 Å². The summed E-state index contributed by atoms with van der Waals surface area (Å²) in [6, 6.07) is 18.8. The average Bonchev–Trinajstić information content (AvgIpc) is 3.70. The lowest BCUT2D eigenvalue weighted by atomic mass is 9.39. The maximum atomic E-state index is 14.1. The van der Waals surface area contributed by atoms with Crippen molar-refractivity contribution in [1.29, 1.82) is 0 Å². The van der Waals surface area contributed by atoms with Crippen molar-refractivity contribution in [3.63, 3.8) is 0 Å². The lowest BCUT2D eigenvalue weighted by Crippen LogP contribution is -2.65. The Morgan fingerprint density at radius 1 is 0.818 bits per heavy atom. The molecule has 6 aliphatic rings. The van der Waals surface area contributed by atoms with Gasteiger partial charge in [-0.1, -0.05) is 107 Å². The molecule has 66 heavy (non-hydrogen) atoms. The summed E-state index contributed by atoms with van der Waals surface area (Å²) in [5, 5.41) is 4.23. The highest BCUT2D eigenvalue weighted by molar-refractivity contribution is 7.91. The molecule has 1 N–H and O–H groups in total. The molecule has 3 saturated carbocycles. The van der Waals surface area contributed by atoms with Crippen LogP contribution in [0.3, 0.4) is 0 Å². The summed E-state index contributed by atoms with van der Waals surface area (Å²) < 4.78 is 36.2. The maximum absolute atomic E-state index is 14.1. The molecule has 9 heteroatoms. The van der Waals surface area contributed by atoms with E-state index in [1.165, 1.54) is 74.5 Å². The number of sulfone groups is 1. The minimum Gasteiger partial charge on any atom is -0.461 e. The molecule has 4 fully saturated rings. The number of ether oxygens (including phenoxy) is 2. The number of benzene rings is 2. The Balaban J connectivity index is 1.00. The maximum Gasteiger partial charge on any atom is 0.338 e. The number of esters is 2. The Morgan fingerprint density at radius 2 is 1.53 bits per heavy atom. The summed E-state index contributed by atoms with van der Waals surface area (Å²) in [5.41, 5.74) is 5.07. The van der Waals surface area contributed by atoms with Gasteiger partial charge in [-0.3, -0.25) is 4.79 Å². The van der Waals surface area contributed by atoms with Gasteiger partial charge in [-0.2, -0.15) is 0 Å². The predicted octanol–water partition coefficient (Wildman–Crippen LogP) is 11.3. The Hall–Kier alpha value is -3.53. The highest BCUT2D eigenvalue weighted by atomic mass is 32.2. The van der Waals surface area contributed by atoms with Gasteiger partial charge in [-0.05, 0) is 165 Å². The molecule has 1 unspecified atom stereocenters. The molecule has 1 saturated heterocycles. The van der Waals surface area contributed by atoms with E-state index in [2.05, 4.69) is 70.5 Å². The minimum atomic E-state index is -2.89. The van der Waals surface area contributed by atoms with Crippen molar-refractivity contribution in [2.75, 3.05) is 44.3 Å². The summed E-state index contributed by atoms with van der Waals surface area (Å²) in [6.07, 6.45) is 18.7. The van der Waals surface area contributed by atoms with Crippen LogP contribution in [-0.4, -0.2) is 75.1 Å². The number of carbonyl (C=O) groups is 2. The average molecular weight is 921 g/mol. The van der Waals surface area contributed by atoms with E-state index in [-0.39, 0.29) is 52.5 Å². The largest absolute Gasteiger partial charge is 0.461 e. The highest BCUT2D eigenvalue weighted by Gasteiger charge is 2.65. The van der Waals surface area contributed by atoms with Gasteiger partial charge in [-0.15, -0.1) is 0 Å². The lowest BCUT2D eigenvalue weighted by Gasteiger charge is -2.66. The Bertz CT molecular complexity index is 2240. The van der Waals surface area contributed by atoms with Crippen LogP contribution in [0.1, 0.15) is 141 Å². The first-order valence-electron chi connectivity index (χ1n) is 25.6. The molecule has 0 radical (unpaired) electrons. The van der Waals surface area contributed by atoms with Gasteiger partial charge in [0.2, 0.25) is 0 Å². The van der Waals surface area contributed by atoms with Crippen LogP contribution in [0.25, 0.3) is 0 Å². The fourth-order valence-electron chi connectivity index (χ4n) is 14.4. The van der Waals surface area contributed by atoms with Crippen molar-refractivity contribution in [3.8, 4) is 0 Å². The van der Waals surface area contributed by atoms with Crippen molar-refractivity contribution in [2.45, 2.75) is 137 Å². The number of nitrogens with one attached hydrogen (secondary N) is 1. The molecular formula is C57H80N2O6S. The number of allylic oxidation sites excluding steroid dienone is 5. The SMILES string of the molecule is C=C(C)[C@@H]1CC[C@]2(NCCN3CCS(=O)(=O)CC3)CC[C@]3(C)[C@H](CC[C@@H]4CC/C=C(/C5=CCC(COC(=O)c6ccccc6)(C(=O)OCc6ccccc6)CC5)C(C)(C)[C@@H](C)CC[C@]43C)[C@@H]12. The molecule has 8 nitrogen and oxygen atoms in total. The van der Waals surface area contributed by atoms with Crippen LogP contribution in [0.5, 0.6) is 0 Å². The Kier molecular flexibility index (Phi) is 14.4. The molecule has 0 amide bonds. The van der Waals surface area contributed by atoms with Crippen LogP contribution in [0.15, 0.2) is 96.1 Å². The van der Waals surface area contributed by atoms with Gasteiger partial charge >= 0.3 is 11.9 Å². The number of carbonyl (C=O) groups excluding carboxylic acids is 2. The van der Waals surface area contributed by atoms with Crippen molar-refractivity contribution >= 4 is 21.8 Å². The highest BCUT2D eigenvalue weighted by Crippen LogP contribution is 2.71. The quantitative estimate of drug-likeness (QED) is 0.166. The molecule has 1 aliphatic heterocycles. The van der Waals surface area contributed by atoms with Gasteiger partial charge < -0.3 is 19.7 Å². The molecule has 2 aromatic carbocycles. The number of fused-ring (bicyclic) bond motifs is 5. The summed E-state index contributed by atoms with van der Waals surface area (Å²) in [4.78, 5) is 29.7. The van der Waals surface area contributed by atoms with E-state index >= 15 is 0 Å². The number of hydrogen-bond acceptors (Lipinski definition) is 8. The van der Waals surface area contributed by atoms with Crippen molar-refractivity contribution in [1.82, 2.24) is 10.2 Å². The van der Waals surface area contributed by atoms with Crippen LogP contribution in [0.2, 0.25) is 0 Å². The molecule has 9 atom stereocenters. The lowest BCUT2D eigenvalue weighted by molar-refractivity contribution is -0.160. The number of rotatable bonds is 12. The van der Waals surface area contributed by atoms with Crippen molar-refractivity contribution in [3.05, 3.63) is 107 Å². The first-order valence-corrected chi connectivity index (χ1v) is 27.4.